The van der Waals surface area contributed by atoms with Crippen LogP contribution in [-0.4, -0.2) is 104 Å². The Balaban J connectivity index is 0.000000262. The zero-order valence-corrected chi connectivity index (χ0v) is 73.0. The van der Waals surface area contributed by atoms with Gasteiger partial charge in [0.2, 0.25) is 11.6 Å². The molecule has 23 nitrogen and oxygen atoms in total. The van der Waals surface area contributed by atoms with E-state index in [1.807, 2.05) is 0 Å². The molecule has 3 saturated carbocycles. The normalized spacial score (nSPS) is 18.5. The molecular formula is C100H124O23. The van der Waals surface area contributed by atoms with Gasteiger partial charge in [-0.15, -0.1) is 0 Å². The molecule has 9 rings (SSSR count). The average Bonchev–Trinajstić information content (AvgIpc) is 1.62. The molecule has 0 heterocycles. The first-order chi connectivity index (χ1) is 58.9. The molecule has 4 aliphatic carbocycles. The first kappa shape index (κ1) is 98.7. The summed E-state index contributed by atoms with van der Waals surface area (Å²) in [7, 11) is 1.55. The maximum Gasteiger partial charge on any atom is 0.343 e. The van der Waals surface area contributed by atoms with Crippen LogP contribution in [0, 0.1) is 53.3 Å². The van der Waals surface area contributed by atoms with Crippen LogP contribution in [-0.2, 0) is 62.1 Å². The molecule has 0 spiro atoms. The molecule has 0 amide bonds. The number of allylic oxidation sites excluding steroid dienone is 2. The van der Waals surface area contributed by atoms with E-state index in [1.165, 1.54) is 136 Å². The average molecular weight is 1690 g/mol. The summed E-state index contributed by atoms with van der Waals surface area (Å²) >= 11 is 0. The summed E-state index contributed by atoms with van der Waals surface area (Å²) in [4.78, 5) is 143. The molecular weight excluding hydrogens is 1570 g/mol. The van der Waals surface area contributed by atoms with Crippen molar-refractivity contribution in [3.8, 4) is 40.2 Å². The third-order valence-corrected chi connectivity index (χ3v) is 23.6. The fraction of sp³-hybridized carbons (Fsp3) is 0.480. The highest BCUT2D eigenvalue weighted by atomic mass is 16.6. The fourth-order valence-electron chi connectivity index (χ4n) is 16.9. The molecule has 0 aliphatic heterocycles. The Kier molecular flexibility index (Phi) is 40.9. The van der Waals surface area contributed by atoms with Crippen molar-refractivity contribution in [3.63, 3.8) is 0 Å². The number of unbranched alkanes of at least 4 members (excludes halogenated alkanes) is 8. The van der Waals surface area contributed by atoms with Gasteiger partial charge in [0.05, 0.1) is 43.6 Å². The van der Waals surface area contributed by atoms with Gasteiger partial charge in [0, 0.05) is 56.8 Å². The molecule has 5 aromatic rings. The molecule has 123 heavy (non-hydrogen) atoms. The van der Waals surface area contributed by atoms with Crippen molar-refractivity contribution >= 4 is 71.3 Å². The highest BCUT2D eigenvalue weighted by molar-refractivity contribution is 6.43. The number of benzene rings is 5. The highest BCUT2D eigenvalue weighted by Crippen LogP contribution is 2.67. The van der Waals surface area contributed by atoms with Gasteiger partial charge in [-0.3, -0.25) is 28.8 Å². The molecule has 0 saturated heterocycles. The van der Waals surface area contributed by atoms with E-state index < -0.39 is 53.5 Å². The molecule has 8 atom stereocenters. The van der Waals surface area contributed by atoms with Gasteiger partial charge in [0.25, 0.3) is 0 Å². The number of aryl methyl sites for hydroxylation is 1. The Bertz CT molecular complexity index is 4450. The second kappa shape index (κ2) is 50.9. The molecule has 0 bridgehead atoms. The predicted molar refractivity (Wildman–Crippen MR) is 465 cm³/mol. The van der Waals surface area contributed by atoms with E-state index in [-0.39, 0.29) is 102 Å². The third-order valence-electron chi connectivity index (χ3n) is 23.6. The SMILES string of the molecule is C=C(C)C(=O)C(=O)CCCCCC(=O)O[C@H]1CC[C@@]2(C)C(=CC[C@H]3[C@@H]4CC[C@H]([C@H](C)CCCC(C)C)[C@@]4(C)CC[C@@H]32)C1.C=CC(=O)OCCCCCC(=O)Oc1ccc(C(=O)Oc2ccc(OC(=O)c3ccc(OC(=O)CCCCCOC(=O)C=C)cc3)c(C)c2)cc1.C=CC(=O)OCCCCCC(=O)Oc1ccc(C(=O)Oc2ccc(OC)cc2)cc1. The van der Waals surface area contributed by atoms with Crippen LogP contribution < -0.4 is 33.2 Å². The van der Waals surface area contributed by atoms with Gasteiger partial charge in [-0.05, 0) is 302 Å². The van der Waals surface area contributed by atoms with Gasteiger partial charge in [-0.1, -0.05) is 98.3 Å². The lowest BCUT2D eigenvalue weighted by atomic mass is 9.47. The fourth-order valence-corrected chi connectivity index (χ4v) is 16.9. The Labute approximate surface area is 724 Å². The number of carbonyl (C=O) groups excluding carboxylic acids is 12. The van der Waals surface area contributed by atoms with Crippen molar-refractivity contribution in [3.05, 3.63) is 199 Å². The van der Waals surface area contributed by atoms with Crippen LogP contribution in [0.5, 0.6) is 40.2 Å². The second-order valence-electron chi connectivity index (χ2n) is 33.1. The zero-order valence-electron chi connectivity index (χ0n) is 73.0. The van der Waals surface area contributed by atoms with Gasteiger partial charge >= 0.3 is 59.7 Å². The topological polar surface area (TPSA) is 306 Å². The number of carbonyl (C=O) groups is 12. The monoisotopic (exact) mass is 1690 g/mol. The summed E-state index contributed by atoms with van der Waals surface area (Å²) in [5, 5.41) is 0. The predicted octanol–water partition coefficient (Wildman–Crippen LogP) is 20.5. The third kappa shape index (κ3) is 32.4. The summed E-state index contributed by atoms with van der Waals surface area (Å²) < 4.78 is 57.8. The number of esters is 10. The Morgan fingerprint density at radius 3 is 1.33 bits per heavy atom. The van der Waals surface area contributed by atoms with Crippen LogP contribution in [0.2, 0.25) is 0 Å². The molecule has 0 radical (unpaired) electrons. The zero-order chi connectivity index (χ0) is 89.4. The minimum absolute atomic E-state index is 0.000420. The minimum Gasteiger partial charge on any atom is -0.497 e. The van der Waals surface area contributed by atoms with Gasteiger partial charge < -0.3 is 52.1 Å². The van der Waals surface area contributed by atoms with E-state index in [0.717, 1.165) is 85.8 Å². The van der Waals surface area contributed by atoms with Gasteiger partial charge in [-0.25, -0.2) is 28.8 Å². The van der Waals surface area contributed by atoms with Crippen LogP contribution >= 0.6 is 0 Å². The minimum atomic E-state index is -0.637. The highest BCUT2D eigenvalue weighted by Gasteiger charge is 2.59. The van der Waals surface area contributed by atoms with E-state index >= 15 is 0 Å². The number of ether oxygens (including phenoxy) is 11. The lowest BCUT2D eigenvalue weighted by Gasteiger charge is -2.58. The van der Waals surface area contributed by atoms with Crippen molar-refractivity contribution in [1.29, 1.82) is 0 Å². The summed E-state index contributed by atoms with van der Waals surface area (Å²) in [6, 6.07) is 29.2. The first-order valence-corrected chi connectivity index (χ1v) is 43.3. The quantitative estimate of drug-likeness (QED) is 0.00665. The number of Topliss-reactive ketones (excluding diaryl/α,β-unsaturated/α-hetero) is 2. The largest absolute Gasteiger partial charge is 0.497 e. The van der Waals surface area contributed by atoms with Crippen LogP contribution in [0.25, 0.3) is 0 Å². The standard InChI is InChI=1S/C39H40O12.C38H60O4.C23H24O7/c1-4-34(40)46-24-10-6-8-12-36(42)48-30-18-14-28(15-19-30)38(44)50-32-22-23-33(27(3)26-32)51-39(45)29-16-20-31(21-17-29)49-37(43)13-9-7-11-25-47-35(41)5-2;1-25(2)12-11-13-27(5)31-18-19-32-30-17-16-28-24-29(20-22-37(28,6)33(30)21-23-38(31,32)7)42-35(40)15-10-8-9-14-34(39)36(41)26(3)4;1-3-21(24)28-16-6-4-5-7-22(25)29-19-10-8-17(9-11-19)23(26)30-20-14-12-18(27-2)13-15-20/h4-5,14-23,26H,1-2,6-13,24-25H2,3H3;16,25,27,29-33H,3,8-15,17-24H2,1-2,4-7H3;3,8-15H,1,4-7,16H2,2H3/t;27-,29+,30+,31-,32+,33+,37+,38-;/m.1./s1. The first-order valence-electron chi connectivity index (χ1n) is 43.3. The molecule has 4 aliphatic rings. The number of ketones is 2. The van der Waals surface area contributed by atoms with Gasteiger partial charge in [0.1, 0.15) is 46.4 Å². The van der Waals surface area contributed by atoms with E-state index in [4.69, 9.17) is 52.1 Å². The van der Waals surface area contributed by atoms with Crippen molar-refractivity contribution in [2.75, 3.05) is 26.9 Å². The molecule has 23 heteroatoms. The molecule has 0 aromatic heterocycles. The summed E-state index contributed by atoms with van der Waals surface area (Å²) in [5.41, 5.74) is 3.97. The molecule has 0 unspecified atom stereocenters. The molecule has 662 valence electrons. The van der Waals surface area contributed by atoms with Gasteiger partial charge in [-0.2, -0.15) is 0 Å². The van der Waals surface area contributed by atoms with E-state index in [0.29, 0.717) is 117 Å². The number of fused-ring (bicyclic) bond motifs is 5. The van der Waals surface area contributed by atoms with Crippen molar-refractivity contribution < 1.29 is 110 Å². The Morgan fingerprint density at radius 2 is 0.878 bits per heavy atom. The van der Waals surface area contributed by atoms with Crippen LogP contribution in [0.15, 0.2) is 177 Å². The molecule has 3 fully saturated rings. The number of hydrogen-bond donors (Lipinski definition) is 0. The number of methoxy groups -OCH3 is 1. The lowest BCUT2D eigenvalue weighted by Crippen LogP contribution is -2.51. The Hall–Kier alpha value is -11.4. The smallest absolute Gasteiger partial charge is 0.343 e. The number of hydrogen-bond acceptors (Lipinski definition) is 23. The van der Waals surface area contributed by atoms with Gasteiger partial charge in [0.15, 0.2) is 0 Å². The van der Waals surface area contributed by atoms with E-state index in [1.54, 1.807) is 56.9 Å². The lowest BCUT2D eigenvalue weighted by molar-refractivity contribution is -0.152. The van der Waals surface area contributed by atoms with Crippen LogP contribution in [0.4, 0.5) is 0 Å². The molecule has 0 N–H and O–H groups in total. The van der Waals surface area contributed by atoms with Crippen molar-refractivity contribution in [2.45, 2.75) is 234 Å². The van der Waals surface area contributed by atoms with Crippen LogP contribution in [0.1, 0.15) is 258 Å². The van der Waals surface area contributed by atoms with Crippen molar-refractivity contribution in [2.24, 2.45) is 46.3 Å². The Morgan fingerprint density at radius 1 is 0.455 bits per heavy atom. The summed E-state index contributed by atoms with van der Waals surface area (Å²) in [6.07, 6.45) is 29.0. The maximum atomic E-state index is 12.7. The molecule has 5 aromatic carbocycles. The maximum absolute atomic E-state index is 12.7. The summed E-state index contributed by atoms with van der Waals surface area (Å²) in [6.45, 7) is 30.1. The summed E-state index contributed by atoms with van der Waals surface area (Å²) in [5.74, 6) is 2.10. The van der Waals surface area contributed by atoms with Crippen LogP contribution in [0.3, 0.4) is 0 Å². The number of rotatable bonds is 45. The second-order valence-corrected chi connectivity index (χ2v) is 33.1. The van der Waals surface area contributed by atoms with E-state index in [2.05, 4.69) is 67.0 Å². The van der Waals surface area contributed by atoms with E-state index in [9.17, 15) is 57.5 Å². The van der Waals surface area contributed by atoms with Crippen molar-refractivity contribution in [1.82, 2.24) is 0 Å².